The summed E-state index contributed by atoms with van der Waals surface area (Å²) in [6, 6.07) is 28.6. The summed E-state index contributed by atoms with van der Waals surface area (Å²) in [5, 5.41) is 0. The van der Waals surface area contributed by atoms with E-state index in [0.717, 1.165) is 5.75 Å². The van der Waals surface area contributed by atoms with Crippen molar-refractivity contribution in [3.05, 3.63) is 90.0 Å². The van der Waals surface area contributed by atoms with Gasteiger partial charge in [0.2, 0.25) is 0 Å². The monoisotopic (exact) mass is 357 g/mol. The molecule has 0 spiro atoms. The molecule has 27 heavy (non-hydrogen) atoms. The second-order valence-corrected chi connectivity index (χ2v) is 7.26. The van der Waals surface area contributed by atoms with Gasteiger partial charge in [0.1, 0.15) is 5.75 Å². The first-order chi connectivity index (χ1) is 13.3. The standard InChI is InChI=1S/C25H27NO/c1-27-24-16-14-21(15-17-24)20-10-12-23(13-11-20)25(22-8-4-2-5-9-22)26-18-6-3-7-19-26/h2,4-5,8-17,25H,3,6-7,18-19H2,1H3. The zero-order chi connectivity index (χ0) is 18.5. The van der Waals surface area contributed by atoms with Crippen LogP contribution in [0.2, 0.25) is 0 Å². The number of likely N-dealkylation sites (tertiary alicyclic amines) is 1. The molecule has 0 N–H and O–H groups in total. The van der Waals surface area contributed by atoms with Crippen LogP contribution in [-0.4, -0.2) is 25.1 Å². The lowest BCUT2D eigenvalue weighted by Gasteiger charge is -2.35. The molecule has 0 aromatic heterocycles. The van der Waals surface area contributed by atoms with Gasteiger partial charge in [-0.15, -0.1) is 0 Å². The van der Waals surface area contributed by atoms with Gasteiger partial charge < -0.3 is 4.74 Å². The van der Waals surface area contributed by atoms with E-state index in [0.29, 0.717) is 6.04 Å². The summed E-state index contributed by atoms with van der Waals surface area (Å²) in [5.74, 6) is 0.893. The van der Waals surface area contributed by atoms with Crippen LogP contribution in [0.25, 0.3) is 11.1 Å². The quantitative estimate of drug-likeness (QED) is 0.560. The lowest BCUT2D eigenvalue weighted by Crippen LogP contribution is -2.34. The molecule has 0 aliphatic carbocycles. The fraction of sp³-hybridized carbons (Fsp3) is 0.280. The normalized spacial score (nSPS) is 16.0. The lowest BCUT2D eigenvalue weighted by atomic mass is 9.93. The highest BCUT2D eigenvalue weighted by Gasteiger charge is 2.23. The Morgan fingerprint density at radius 3 is 1.81 bits per heavy atom. The van der Waals surface area contributed by atoms with Crippen LogP contribution in [0.5, 0.6) is 5.75 Å². The fourth-order valence-electron chi connectivity index (χ4n) is 4.07. The van der Waals surface area contributed by atoms with Gasteiger partial charge in [-0.25, -0.2) is 0 Å². The average Bonchev–Trinajstić information content (AvgIpc) is 2.76. The second-order valence-electron chi connectivity index (χ2n) is 7.26. The van der Waals surface area contributed by atoms with Crippen molar-refractivity contribution in [2.45, 2.75) is 25.3 Å². The van der Waals surface area contributed by atoms with Crippen molar-refractivity contribution >= 4 is 0 Å². The molecule has 0 radical (unpaired) electrons. The maximum atomic E-state index is 5.27. The van der Waals surface area contributed by atoms with E-state index in [-0.39, 0.29) is 0 Å². The highest BCUT2D eigenvalue weighted by molar-refractivity contribution is 5.64. The van der Waals surface area contributed by atoms with Crippen molar-refractivity contribution in [3.63, 3.8) is 0 Å². The third-order valence-corrected chi connectivity index (χ3v) is 5.52. The molecule has 1 unspecified atom stereocenters. The molecule has 2 nitrogen and oxygen atoms in total. The summed E-state index contributed by atoms with van der Waals surface area (Å²) >= 11 is 0. The molecule has 3 aromatic carbocycles. The summed E-state index contributed by atoms with van der Waals surface area (Å²) < 4.78 is 5.27. The Morgan fingerprint density at radius 2 is 1.22 bits per heavy atom. The van der Waals surface area contributed by atoms with Crippen molar-refractivity contribution in [1.29, 1.82) is 0 Å². The SMILES string of the molecule is COc1ccc(-c2ccc(C(c3ccccc3)N3CCCCC3)cc2)cc1. The first kappa shape index (κ1) is 17.8. The molecular weight excluding hydrogens is 330 g/mol. The van der Waals surface area contributed by atoms with E-state index in [9.17, 15) is 0 Å². The average molecular weight is 357 g/mol. The van der Waals surface area contributed by atoms with Crippen LogP contribution in [0.4, 0.5) is 0 Å². The molecule has 3 aromatic rings. The van der Waals surface area contributed by atoms with Crippen LogP contribution in [0, 0.1) is 0 Å². The number of methoxy groups -OCH3 is 1. The smallest absolute Gasteiger partial charge is 0.118 e. The summed E-state index contributed by atoms with van der Waals surface area (Å²) in [5.41, 5.74) is 5.22. The number of nitrogens with zero attached hydrogens (tertiary/aromatic N) is 1. The van der Waals surface area contributed by atoms with Crippen LogP contribution >= 0.6 is 0 Å². The van der Waals surface area contributed by atoms with Crippen LogP contribution in [0.1, 0.15) is 36.4 Å². The van der Waals surface area contributed by atoms with Crippen molar-refractivity contribution in [2.75, 3.05) is 20.2 Å². The number of benzene rings is 3. The predicted octanol–water partition coefficient (Wildman–Crippen LogP) is 5.94. The van der Waals surface area contributed by atoms with E-state index in [4.69, 9.17) is 4.74 Å². The van der Waals surface area contributed by atoms with Gasteiger partial charge in [0, 0.05) is 0 Å². The maximum Gasteiger partial charge on any atom is 0.118 e. The zero-order valence-corrected chi connectivity index (χ0v) is 16.0. The van der Waals surface area contributed by atoms with E-state index < -0.39 is 0 Å². The highest BCUT2D eigenvalue weighted by atomic mass is 16.5. The number of piperidine rings is 1. The third kappa shape index (κ3) is 4.06. The molecule has 0 saturated carbocycles. The fourth-order valence-corrected chi connectivity index (χ4v) is 4.07. The van der Waals surface area contributed by atoms with E-state index in [2.05, 4.69) is 71.6 Å². The minimum absolute atomic E-state index is 0.344. The second kappa shape index (κ2) is 8.41. The Balaban J connectivity index is 1.63. The molecule has 1 saturated heterocycles. The Labute approximate surface area is 162 Å². The number of rotatable bonds is 5. The summed E-state index contributed by atoms with van der Waals surface area (Å²) in [4.78, 5) is 2.64. The highest BCUT2D eigenvalue weighted by Crippen LogP contribution is 2.32. The van der Waals surface area contributed by atoms with E-state index in [1.807, 2.05) is 12.1 Å². The summed E-state index contributed by atoms with van der Waals surface area (Å²) in [6.07, 6.45) is 3.95. The van der Waals surface area contributed by atoms with Gasteiger partial charge >= 0.3 is 0 Å². The molecule has 1 fully saturated rings. The Kier molecular flexibility index (Phi) is 5.55. The molecule has 4 rings (SSSR count). The van der Waals surface area contributed by atoms with Gasteiger partial charge in [-0.1, -0.05) is 73.2 Å². The largest absolute Gasteiger partial charge is 0.497 e. The van der Waals surface area contributed by atoms with Crippen LogP contribution in [0.15, 0.2) is 78.9 Å². The first-order valence-corrected chi connectivity index (χ1v) is 9.88. The van der Waals surface area contributed by atoms with E-state index in [1.165, 1.54) is 54.6 Å². The van der Waals surface area contributed by atoms with E-state index >= 15 is 0 Å². The van der Waals surface area contributed by atoms with Gasteiger partial charge in [0.15, 0.2) is 0 Å². The molecule has 1 aliphatic rings. The molecule has 0 amide bonds. The molecule has 1 aliphatic heterocycles. The Morgan fingerprint density at radius 1 is 0.667 bits per heavy atom. The number of hydrogen-bond donors (Lipinski definition) is 0. The summed E-state index contributed by atoms with van der Waals surface area (Å²) in [6.45, 7) is 2.36. The lowest BCUT2D eigenvalue weighted by molar-refractivity contribution is 0.187. The summed E-state index contributed by atoms with van der Waals surface area (Å²) in [7, 11) is 1.70. The Bertz CT molecular complexity index is 834. The van der Waals surface area contributed by atoms with Crippen molar-refractivity contribution in [2.24, 2.45) is 0 Å². The number of hydrogen-bond acceptors (Lipinski definition) is 2. The molecule has 1 heterocycles. The maximum absolute atomic E-state index is 5.27. The molecule has 138 valence electrons. The predicted molar refractivity (Wildman–Crippen MR) is 112 cm³/mol. The minimum Gasteiger partial charge on any atom is -0.497 e. The van der Waals surface area contributed by atoms with Crippen LogP contribution < -0.4 is 4.74 Å². The molecule has 2 heteroatoms. The van der Waals surface area contributed by atoms with Crippen molar-refractivity contribution in [3.8, 4) is 16.9 Å². The Hall–Kier alpha value is -2.58. The molecule has 0 bridgehead atoms. The van der Waals surface area contributed by atoms with Gasteiger partial charge in [-0.05, 0) is 60.3 Å². The molecule has 1 atom stereocenters. The van der Waals surface area contributed by atoms with Crippen LogP contribution in [0.3, 0.4) is 0 Å². The van der Waals surface area contributed by atoms with E-state index in [1.54, 1.807) is 7.11 Å². The van der Waals surface area contributed by atoms with Gasteiger partial charge in [-0.2, -0.15) is 0 Å². The zero-order valence-electron chi connectivity index (χ0n) is 16.0. The first-order valence-electron chi connectivity index (χ1n) is 9.88. The van der Waals surface area contributed by atoms with Crippen molar-refractivity contribution in [1.82, 2.24) is 4.90 Å². The molecular formula is C25H27NO. The van der Waals surface area contributed by atoms with Gasteiger partial charge in [-0.3, -0.25) is 4.90 Å². The minimum atomic E-state index is 0.344. The third-order valence-electron chi connectivity index (χ3n) is 5.52. The topological polar surface area (TPSA) is 12.5 Å². The van der Waals surface area contributed by atoms with Crippen molar-refractivity contribution < 1.29 is 4.74 Å². The van der Waals surface area contributed by atoms with Crippen LogP contribution in [-0.2, 0) is 0 Å². The van der Waals surface area contributed by atoms with Gasteiger partial charge in [0.05, 0.1) is 13.2 Å². The van der Waals surface area contributed by atoms with Gasteiger partial charge in [0.25, 0.3) is 0 Å². The number of ether oxygens (including phenoxy) is 1.